The molecule has 0 aliphatic carbocycles. The number of amides is 3. The number of hydrogen-bond donors (Lipinski definition) is 3. The van der Waals surface area contributed by atoms with Gasteiger partial charge in [-0.25, -0.2) is 4.79 Å². The van der Waals surface area contributed by atoms with E-state index in [0.717, 1.165) is 0 Å². The second-order valence-corrected chi connectivity index (χ2v) is 5.19. The van der Waals surface area contributed by atoms with Crippen LogP contribution in [-0.4, -0.2) is 66.3 Å². The summed E-state index contributed by atoms with van der Waals surface area (Å²) in [6.45, 7) is 4.66. The Hall–Kier alpha value is -1.83. The standard InChI is InChI=1S/C14H25N3O5/c1-3-10(9-18)15-12(19)13(20)16-11-5-7-17(8-6-11)14(21)22-4-2/h10-11,18H,3-9H2,1-2H3,(H,15,19)(H,16,20). The molecule has 0 bridgehead atoms. The highest BCUT2D eigenvalue weighted by Gasteiger charge is 2.26. The van der Waals surface area contributed by atoms with Crippen molar-refractivity contribution in [1.29, 1.82) is 0 Å². The third-order valence-corrected chi connectivity index (χ3v) is 3.61. The maximum atomic E-state index is 11.8. The van der Waals surface area contributed by atoms with Crippen LogP contribution in [0.2, 0.25) is 0 Å². The van der Waals surface area contributed by atoms with Crippen LogP contribution in [0.5, 0.6) is 0 Å². The van der Waals surface area contributed by atoms with E-state index in [1.807, 2.05) is 6.92 Å². The van der Waals surface area contributed by atoms with Crippen molar-refractivity contribution in [3.63, 3.8) is 0 Å². The van der Waals surface area contributed by atoms with Crippen molar-refractivity contribution in [1.82, 2.24) is 15.5 Å². The average molecular weight is 315 g/mol. The van der Waals surface area contributed by atoms with Crippen LogP contribution in [0.25, 0.3) is 0 Å². The largest absolute Gasteiger partial charge is 0.450 e. The highest BCUT2D eigenvalue weighted by Crippen LogP contribution is 2.11. The van der Waals surface area contributed by atoms with Crippen LogP contribution in [0.4, 0.5) is 4.79 Å². The second-order valence-electron chi connectivity index (χ2n) is 5.19. The van der Waals surface area contributed by atoms with Gasteiger partial charge in [-0.2, -0.15) is 0 Å². The third kappa shape index (κ3) is 5.51. The molecule has 22 heavy (non-hydrogen) atoms. The fraction of sp³-hybridized carbons (Fsp3) is 0.786. The van der Waals surface area contributed by atoms with Crippen molar-refractivity contribution in [2.24, 2.45) is 0 Å². The Morgan fingerprint density at radius 3 is 2.36 bits per heavy atom. The number of rotatable bonds is 5. The van der Waals surface area contributed by atoms with Gasteiger partial charge in [-0.1, -0.05) is 6.92 Å². The molecular weight excluding hydrogens is 290 g/mol. The number of aliphatic hydroxyl groups excluding tert-OH is 1. The van der Waals surface area contributed by atoms with Crippen molar-refractivity contribution in [3.8, 4) is 0 Å². The van der Waals surface area contributed by atoms with Gasteiger partial charge in [0.25, 0.3) is 0 Å². The molecule has 1 fully saturated rings. The first-order chi connectivity index (χ1) is 10.5. The van der Waals surface area contributed by atoms with Crippen LogP contribution in [0.1, 0.15) is 33.1 Å². The fourth-order valence-electron chi connectivity index (χ4n) is 2.20. The predicted molar refractivity (Wildman–Crippen MR) is 79.1 cm³/mol. The number of likely N-dealkylation sites (tertiary alicyclic amines) is 1. The van der Waals surface area contributed by atoms with Gasteiger partial charge < -0.3 is 25.4 Å². The number of ether oxygens (including phenoxy) is 1. The summed E-state index contributed by atoms with van der Waals surface area (Å²) in [5.41, 5.74) is 0. The number of hydrogen-bond acceptors (Lipinski definition) is 5. The predicted octanol–water partition coefficient (Wildman–Crippen LogP) is -0.389. The first-order valence-electron chi connectivity index (χ1n) is 7.65. The van der Waals surface area contributed by atoms with Crippen LogP contribution in [0.3, 0.4) is 0 Å². The van der Waals surface area contributed by atoms with Gasteiger partial charge in [0.05, 0.1) is 19.3 Å². The Labute approximate surface area is 130 Å². The van der Waals surface area contributed by atoms with Crippen LogP contribution < -0.4 is 10.6 Å². The van der Waals surface area contributed by atoms with Gasteiger partial charge >= 0.3 is 17.9 Å². The Bertz CT molecular complexity index is 390. The molecule has 1 heterocycles. The molecular formula is C14H25N3O5. The smallest absolute Gasteiger partial charge is 0.409 e. The molecule has 0 aromatic heterocycles. The van der Waals surface area contributed by atoms with Gasteiger partial charge in [-0.3, -0.25) is 9.59 Å². The van der Waals surface area contributed by atoms with Gasteiger partial charge in [0, 0.05) is 19.1 Å². The lowest BCUT2D eigenvalue weighted by molar-refractivity contribution is -0.140. The molecule has 0 aromatic carbocycles. The monoisotopic (exact) mass is 315 g/mol. The maximum Gasteiger partial charge on any atom is 0.409 e. The molecule has 1 atom stereocenters. The van der Waals surface area contributed by atoms with Crippen molar-refractivity contribution in [2.45, 2.75) is 45.2 Å². The van der Waals surface area contributed by atoms with Crippen LogP contribution in [0.15, 0.2) is 0 Å². The molecule has 0 spiro atoms. The normalized spacial score (nSPS) is 16.8. The second kappa shape index (κ2) is 9.24. The lowest BCUT2D eigenvalue weighted by atomic mass is 10.1. The van der Waals surface area contributed by atoms with Crippen molar-refractivity contribution < 1.29 is 24.2 Å². The zero-order valence-electron chi connectivity index (χ0n) is 13.1. The lowest BCUT2D eigenvalue weighted by Gasteiger charge is -2.31. The van der Waals surface area contributed by atoms with Crippen molar-refractivity contribution in [2.75, 3.05) is 26.3 Å². The first kappa shape index (κ1) is 18.2. The summed E-state index contributed by atoms with van der Waals surface area (Å²) in [5.74, 6) is -1.45. The average Bonchev–Trinajstić information content (AvgIpc) is 2.53. The number of nitrogens with zero attached hydrogens (tertiary/aromatic N) is 1. The van der Waals surface area contributed by atoms with E-state index in [9.17, 15) is 14.4 Å². The van der Waals surface area contributed by atoms with E-state index in [2.05, 4.69) is 10.6 Å². The molecule has 126 valence electrons. The molecule has 1 aliphatic rings. The van der Waals surface area contributed by atoms with Crippen molar-refractivity contribution in [3.05, 3.63) is 0 Å². The number of carbonyl (C=O) groups excluding carboxylic acids is 3. The van der Waals surface area contributed by atoms with E-state index in [1.54, 1.807) is 11.8 Å². The maximum absolute atomic E-state index is 11.8. The zero-order chi connectivity index (χ0) is 16.5. The minimum Gasteiger partial charge on any atom is -0.450 e. The van der Waals surface area contributed by atoms with Crippen LogP contribution >= 0.6 is 0 Å². The number of nitrogens with one attached hydrogen (secondary N) is 2. The summed E-state index contributed by atoms with van der Waals surface area (Å²) in [4.78, 5) is 36.6. The van der Waals surface area contributed by atoms with E-state index in [-0.39, 0.29) is 18.7 Å². The first-order valence-corrected chi connectivity index (χ1v) is 7.65. The molecule has 0 saturated carbocycles. The third-order valence-electron chi connectivity index (χ3n) is 3.61. The highest BCUT2D eigenvalue weighted by molar-refractivity contribution is 6.35. The molecule has 1 saturated heterocycles. The highest BCUT2D eigenvalue weighted by atomic mass is 16.6. The minimum absolute atomic E-state index is 0.141. The summed E-state index contributed by atoms with van der Waals surface area (Å²) in [5, 5.41) is 14.1. The molecule has 0 radical (unpaired) electrons. The zero-order valence-corrected chi connectivity index (χ0v) is 13.1. The Morgan fingerprint density at radius 2 is 1.86 bits per heavy atom. The molecule has 1 aliphatic heterocycles. The number of piperidine rings is 1. The molecule has 8 nitrogen and oxygen atoms in total. The quantitative estimate of drug-likeness (QED) is 0.599. The summed E-state index contributed by atoms with van der Waals surface area (Å²) in [7, 11) is 0. The molecule has 8 heteroatoms. The van der Waals surface area contributed by atoms with Gasteiger partial charge in [0.2, 0.25) is 0 Å². The minimum atomic E-state index is -0.742. The Kier molecular flexibility index (Phi) is 7.65. The van der Waals surface area contributed by atoms with Crippen LogP contribution in [-0.2, 0) is 14.3 Å². The van der Waals surface area contributed by atoms with E-state index in [0.29, 0.717) is 39.0 Å². The summed E-state index contributed by atoms with van der Waals surface area (Å²) in [6.07, 6.45) is 1.36. The van der Waals surface area contributed by atoms with Gasteiger partial charge in [0.15, 0.2) is 0 Å². The van der Waals surface area contributed by atoms with Gasteiger partial charge in [-0.15, -0.1) is 0 Å². The summed E-state index contributed by atoms with van der Waals surface area (Å²) in [6, 6.07) is -0.554. The SMILES string of the molecule is CCOC(=O)N1CCC(NC(=O)C(=O)NC(CC)CO)CC1. The topological polar surface area (TPSA) is 108 Å². The Morgan fingerprint density at radius 1 is 1.23 bits per heavy atom. The van der Waals surface area contributed by atoms with E-state index in [1.165, 1.54) is 0 Å². The summed E-state index contributed by atoms with van der Waals surface area (Å²) >= 11 is 0. The Balaban J connectivity index is 2.35. The number of aliphatic hydroxyl groups is 1. The van der Waals surface area contributed by atoms with E-state index >= 15 is 0 Å². The van der Waals surface area contributed by atoms with Crippen LogP contribution in [0, 0.1) is 0 Å². The van der Waals surface area contributed by atoms with Gasteiger partial charge in [0.1, 0.15) is 0 Å². The molecule has 1 unspecified atom stereocenters. The molecule has 1 rings (SSSR count). The molecule has 3 N–H and O–H groups in total. The van der Waals surface area contributed by atoms with Gasteiger partial charge in [-0.05, 0) is 26.2 Å². The molecule has 3 amide bonds. The number of carbonyl (C=O) groups is 3. The fourth-order valence-corrected chi connectivity index (χ4v) is 2.20. The molecule has 0 aromatic rings. The lowest BCUT2D eigenvalue weighted by Crippen LogP contribution is -2.51. The van der Waals surface area contributed by atoms with E-state index in [4.69, 9.17) is 9.84 Å². The van der Waals surface area contributed by atoms with E-state index < -0.39 is 17.9 Å². The van der Waals surface area contributed by atoms with Crippen molar-refractivity contribution >= 4 is 17.9 Å². The summed E-state index contributed by atoms with van der Waals surface area (Å²) < 4.78 is 4.92.